The van der Waals surface area contributed by atoms with Crippen molar-refractivity contribution in [2.75, 3.05) is 0 Å². The molecule has 30 heavy (non-hydrogen) atoms. The van der Waals surface area contributed by atoms with E-state index in [1.165, 1.54) is 22.1 Å². The van der Waals surface area contributed by atoms with Gasteiger partial charge in [0, 0.05) is 16.3 Å². The van der Waals surface area contributed by atoms with Gasteiger partial charge in [-0.05, 0) is 53.1 Å². The number of imidazole rings is 1. The highest BCUT2D eigenvalue weighted by Gasteiger charge is 2.14. The van der Waals surface area contributed by atoms with Gasteiger partial charge in [0.1, 0.15) is 5.82 Å². The molecule has 5 aromatic rings. The van der Waals surface area contributed by atoms with Crippen molar-refractivity contribution in [2.24, 2.45) is 0 Å². The highest BCUT2D eigenvalue weighted by atomic mass is 35.5. The molecular weight excluding hydrogens is 388 g/mol. The molecule has 0 bridgehead atoms. The van der Waals surface area contributed by atoms with Gasteiger partial charge in [-0.2, -0.15) is 0 Å². The number of nitrogens with one attached hydrogen (secondary N) is 1. The summed E-state index contributed by atoms with van der Waals surface area (Å²) in [4.78, 5) is 8.46. The molecule has 0 aliphatic carbocycles. The highest BCUT2D eigenvalue weighted by Crippen LogP contribution is 2.29. The summed E-state index contributed by atoms with van der Waals surface area (Å²) >= 11 is 6.39. The van der Waals surface area contributed by atoms with E-state index >= 15 is 0 Å². The molecule has 0 radical (unpaired) electrons. The maximum Gasteiger partial charge on any atom is 0.110 e. The second-order valence-corrected chi connectivity index (χ2v) is 8.40. The van der Waals surface area contributed by atoms with Gasteiger partial charge >= 0.3 is 0 Å². The van der Waals surface area contributed by atoms with E-state index in [0.717, 1.165) is 40.1 Å². The average Bonchev–Trinajstić information content (AvgIpc) is 3.19. The normalized spacial score (nSPS) is 12.5. The lowest BCUT2D eigenvalue weighted by Gasteiger charge is -2.12. The fraction of sp³-hybridized carbons (Fsp3) is 0.148. The number of rotatable bonds is 5. The number of hydrogen-bond acceptors (Lipinski definition) is 1. The second kappa shape index (κ2) is 7.97. The van der Waals surface area contributed by atoms with Crippen LogP contribution in [0.2, 0.25) is 5.02 Å². The zero-order chi connectivity index (χ0) is 20.5. The van der Waals surface area contributed by atoms with Crippen LogP contribution in [0.4, 0.5) is 0 Å². The summed E-state index contributed by atoms with van der Waals surface area (Å²) < 4.78 is 0. The van der Waals surface area contributed by atoms with Gasteiger partial charge in [0.05, 0.1) is 11.0 Å². The lowest BCUT2D eigenvalue weighted by molar-refractivity contribution is 0.716. The molecule has 2 nitrogen and oxygen atoms in total. The first kappa shape index (κ1) is 18.9. The predicted octanol–water partition coefficient (Wildman–Crippen LogP) is 7.31. The molecule has 0 fully saturated rings. The third-order valence-electron chi connectivity index (χ3n) is 5.77. The highest BCUT2D eigenvalue weighted by molar-refractivity contribution is 6.35. The van der Waals surface area contributed by atoms with Gasteiger partial charge < -0.3 is 4.98 Å². The number of benzene rings is 4. The molecule has 1 N–H and O–H groups in total. The molecule has 0 amide bonds. The standard InChI is InChI=1S/C27H23ClN2/c1-18(15-21-9-5-11-23-22(21)10-6-12-24(23)28)27-29-25-14-13-20(17-26(25)30-27)16-19-7-3-2-4-8-19/h2-14,17-18H,15-16H2,1H3,(H,29,30). The molecule has 1 unspecified atom stereocenters. The van der Waals surface area contributed by atoms with Crippen molar-refractivity contribution >= 4 is 33.4 Å². The van der Waals surface area contributed by atoms with Crippen molar-refractivity contribution in [3.05, 3.63) is 112 Å². The number of halogens is 1. The van der Waals surface area contributed by atoms with Gasteiger partial charge in [-0.15, -0.1) is 0 Å². The number of nitrogens with zero attached hydrogens (tertiary/aromatic N) is 1. The second-order valence-electron chi connectivity index (χ2n) is 7.99. The molecule has 0 aliphatic rings. The Morgan fingerprint density at radius 3 is 2.50 bits per heavy atom. The minimum Gasteiger partial charge on any atom is -0.342 e. The van der Waals surface area contributed by atoms with Crippen LogP contribution in [0.15, 0.2) is 84.9 Å². The molecule has 3 heteroatoms. The zero-order valence-corrected chi connectivity index (χ0v) is 17.7. The molecule has 4 aromatic carbocycles. The number of aromatic amines is 1. The maximum absolute atomic E-state index is 6.39. The predicted molar refractivity (Wildman–Crippen MR) is 126 cm³/mol. The third kappa shape index (κ3) is 3.71. The molecule has 148 valence electrons. The van der Waals surface area contributed by atoms with Gasteiger partial charge in [0.25, 0.3) is 0 Å². The fourth-order valence-corrected chi connectivity index (χ4v) is 4.42. The Kier molecular flexibility index (Phi) is 5.02. The van der Waals surface area contributed by atoms with Crippen molar-refractivity contribution in [1.82, 2.24) is 9.97 Å². The van der Waals surface area contributed by atoms with E-state index in [-0.39, 0.29) is 5.92 Å². The maximum atomic E-state index is 6.39. The number of fused-ring (bicyclic) bond motifs is 2. The SMILES string of the molecule is CC(Cc1cccc2c(Cl)cccc12)c1nc2cc(Cc3ccccc3)ccc2[nH]1. The van der Waals surface area contributed by atoms with Gasteiger partial charge in [-0.1, -0.05) is 85.3 Å². The van der Waals surface area contributed by atoms with Gasteiger partial charge in [0.15, 0.2) is 0 Å². The van der Waals surface area contributed by atoms with E-state index in [1.54, 1.807) is 0 Å². The first-order valence-electron chi connectivity index (χ1n) is 10.4. The molecule has 5 rings (SSSR count). The van der Waals surface area contributed by atoms with Crippen LogP contribution >= 0.6 is 11.6 Å². The molecule has 0 spiro atoms. The van der Waals surface area contributed by atoms with Crippen LogP contribution in [-0.4, -0.2) is 9.97 Å². The van der Waals surface area contributed by atoms with Gasteiger partial charge in [-0.25, -0.2) is 4.98 Å². The first-order chi connectivity index (χ1) is 14.7. The summed E-state index contributed by atoms with van der Waals surface area (Å²) in [6.07, 6.45) is 1.83. The van der Waals surface area contributed by atoms with Crippen LogP contribution in [0.5, 0.6) is 0 Å². The topological polar surface area (TPSA) is 28.7 Å². The van der Waals surface area contributed by atoms with Crippen LogP contribution in [-0.2, 0) is 12.8 Å². The summed E-state index contributed by atoms with van der Waals surface area (Å²) in [6.45, 7) is 2.23. The van der Waals surface area contributed by atoms with Crippen LogP contribution < -0.4 is 0 Å². The average molecular weight is 411 g/mol. The first-order valence-corrected chi connectivity index (χ1v) is 10.7. The van der Waals surface area contributed by atoms with Crippen LogP contribution in [0.3, 0.4) is 0 Å². The van der Waals surface area contributed by atoms with Crippen molar-refractivity contribution < 1.29 is 0 Å². The smallest absolute Gasteiger partial charge is 0.110 e. The van der Waals surface area contributed by atoms with Crippen molar-refractivity contribution in [1.29, 1.82) is 0 Å². The molecule has 1 aromatic heterocycles. The third-order valence-corrected chi connectivity index (χ3v) is 6.10. The Morgan fingerprint density at radius 2 is 1.63 bits per heavy atom. The van der Waals surface area contributed by atoms with Crippen molar-refractivity contribution in [3.8, 4) is 0 Å². The van der Waals surface area contributed by atoms with Crippen molar-refractivity contribution in [3.63, 3.8) is 0 Å². The van der Waals surface area contributed by atoms with E-state index in [1.807, 2.05) is 12.1 Å². The van der Waals surface area contributed by atoms with Crippen LogP contribution in [0.1, 0.15) is 35.4 Å². The van der Waals surface area contributed by atoms with E-state index < -0.39 is 0 Å². The zero-order valence-electron chi connectivity index (χ0n) is 16.9. The van der Waals surface area contributed by atoms with E-state index in [4.69, 9.17) is 16.6 Å². The Bertz CT molecular complexity index is 1320. The summed E-state index contributed by atoms with van der Waals surface area (Å²) in [6, 6.07) is 29.6. The Hall–Kier alpha value is -3.10. The van der Waals surface area contributed by atoms with E-state index in [0.29, 0.717) is 0 Å². The van der Waals surface area contributed by atoms with Crippen molar-refractivity contribution in [2.45, 2.75) is 25.7 Å². The minimum atomic E-state index is 0.277. The molecule has 0 aliphatic heterocycles. The summed E-state index contributed by atoms with van der Waals surface area (Å²) in [5, 5.41) is 3.13. The number of H-pyrrole nitrogens is 1. The Morgan fingerprint density at radius 1 is 0.833 bits per heavy atom. The van der Waals surface area contributed by atoms with Crippen LogP contribution in [0, 0.1) is 0 Å². The summed E-state index contributed by atoms with van der Waals surface area (Å²) in [5.74, 6) is 1.31. The monoisotopic (exact) mass is 410 g/mol. The van der Waals surface area contributed by atoms with Crippen LogP contribution in [0.25, 0.3) is 21.8 Å². The Labute approximate surface area is 181 Å². The molecule has 1 heterocycles. The summed E-state index contributed by atoms with van der Waals surface area (Å²) in [7, 11) is 0. The van der Waals surface area contributed by atoms with E-state index in [2.05, 4.69) is 84.7 Å². The minimum absolute atomic E-state index is 0.277. The fourth-order valence-electron chi connectivity index (χ4n) is 4.19. The van der Waals surface area contributed by atoms with E-state index in [9.17, 15) is 0 Å². The largest absolute Gasteiger partial charge is 0.342 e. The van der Waals surface area contributed by atoms with Gasteiger partial charge in [-0.3, -0.25) is 0 Å². The lowest BCUT2D eigenvalue weighted by atomic mass is 9.95. The molecule has 1 atom stereocenters. The molecule has 0 saturated carbocycles. The van der Waals surface area contributed by atoms with Gasteiger partial charge in [0.2, 0.25) is 0 Å². The number of hydrogen-bond donors (Lipinski definition) is 1. The quantitative estimate of drug-likeness (QED) is 0.323. The lowest BCUT2D eigenvalue weighted by Crippen LogP contribution is -2.01. The molecule has 0 saturated heterocycles. The molecular formula is C27H23ClN2. The summed E-state index contributed by atoms with van der Waals surface area (Å²) in [5.41, 5.74) is 6.02. The Balaban J connectivity index is 1.41. The number of aromatic nitrogens is 2.